The molecule has 6 nitrogen and oxygen atoms in total. The Hall–Kier alpha value is -1.76. The molecule has 0 spiro atoms. The van der Waals surface area contributed by atoms with Gasteiger partial charge in [0.25, 0.3) is 0 Å². The molecule has 2 saturated carbocycles. The van der Waals surface area contributed by atoms with Crippen LogP contribution in [0.5, 0.6) is 11.5 Å². The van der Waals surface area contributed by atoms with Crippen LogP contribution in [-0.2, 0) is 14.3 Å². The third-order valence-corrected chi connectivity index (χ3v) is 6.69. The average Bonchev–Trinajstić information content (AvgIpc) is 3.18. The Morgan fingerprint density at radius 3 is 2.79 bits per heavy atom. The van der Waals surface area contributed by atoms with Crippen molar-refractivity contribution in [3.63, 3.8) is 0 Å². The van der Waals surface area contributed by atoms with E-state index in [0.29, 0.717) is 17.2 Å². The van der Waals surface area contributed by atoms with Gasteiger partial charge in [0.2, 0.25) is 5.91 Å². The number of anilines is 1. The number of fused-ring (bicyclic) bond motifs is 1. The Morgan fingerprint density at radius 1 is 1.29 bits per heavy atom. The van der Waals surface area contributed by atoms with Gasteiger partial charge in [-0.3, -0.25) is 9.59 Å². The van der Waals surface area contributed by atoms with E-state index in [4.69, 9.17) is 14.2 Å². The lowest BCUT2D eigenvalue weighted by molar-refractivity contribution is -0.145. The van der Waals surface area contributed by atoms with Gasteiger partial charge >= 0.3 is 5.97 Å². The molecule has 1 heterocycles. The van der Waals surface area contributed by atoms with E-state index in [9.17, 15) is 9.59 Å². The molecule has 3 aliphatic rings. The molecule has 0 unspecified atom stereocenters. The zero-order chi connectivity index (χ0) is 17.0. The van der Waals surface area contributed by atoms with Crippen LogP contribution >= 0.6 is 15.9 Å². The van der Waals surface area contributed by atoms with Gasteiger partial charge in [0.1, 0.15) is 17.6 Å². The molecule has 2 aliphatic carbocycles. The van der Waals surface area contributed by atoms with Gasteiger partial charge in [0.05, 0.1) is 36.6 Å². The zero-order valence-electron chi connectivity index (χ0n) is 13.3. The molecule has 1 aromatic rings. The van der Waals surface area contributed by atoms with Crippen molar-refractivity contribution in [1.82, 2.24) is 0 Å². The summed E-state index contributed by atoms with van der Waals surface area (Å²) in [6, 6.07) is 5.22. The van der Waals surface area contributed by atoms with Crippen LogP contribution in [0.25, 0.3) is 0 Å². The molecule has 2 bridgehead atoms. The summed E-state index contributed by atoms with van der Waals surface area (Å²) < 4.78 is 16.0. The van der Waals surface area contributed by atoms with Crippen molar-refractivity contribution in [3.8, 4) is 11.5 Å². The SMILES string of the molecule is COc1ccc(OC)c(NC(=O)[C@H]2[C@H]3C[C@H]4[C@H](OC(=O)[C@@H]42)[C@@H]3Br)c1. The van der Waals surface area contributed by atoms with Crippen molar-refractivity contribution in [3.05, 3.63) is 18.2 Å². The van der Waals surface area contributed by atoms with Gasteiger partial charge in [0.15, 0.2) is 0 Å². The van der Waals surface area contributed by atoms with Crippen molar-refractivity contribution in [2.45, 2.75) is 17.4 Å². The van der Waals surface area contributed by atoms with Gasteiger partial charge in [-0.05, 0) is 24.5 Å². The number of hydrogen-bond donors (Lipinski definition) is 1. The van der Waals surface area contributed by atoms with E-state index < -0.39 is 0 Å². The van der Waals surface area contributed by atoms with Crippen LogP contribution in [0.3, 0.4) is 0 Å². The summed E-state index contributed by atoms with van der Waals surface area (Å²) in [5.74, 6) is 0.329. The largest absolute Gasteiger partial charge is 0.497 e. The Kier molecular flexibility index (Phi) is 3.71. The maximum absolute atomic E-state index is 12.9. The second-order valence-electron chi connectivity index (χ2n) is 6.52. The topological polar surface area (TPSA) is 73.9 Å². The summed E-state index contributed by atoms with van der Waals surface area (Å²) in [5, 5.41) is 2.91. The molecule has 0 radical (unpaired) electrons. The second kappa shape index (κ2) is 5.65. The summed E-state index contributed by atoms with van der Waals surface area (Å²) in [6.45, 7) is 0. The van der Waals surface area contributed by atoms with Gasteiger partial charge in [-0.2, -0.15) is 0 Å². The second-order valence-corrected chi connectivity index (χ2v) is 7.57. The first kappa shape index (κ1) is 15.7. The number of carbonyl (C=O) groups is 2. The normalized spacial score (nSPS) is 35.7. The van der Waals surface area contributed by atoms with E-state index >= 15 is 0 Å². The molecule has 3 fully saturated rings. The number of rotatable bonds is 4. The van der Waals surface area contributed by atoms with Crippen LogP contribution in [0.4, 0.5) is 5.69 Å². The Labute approximate surface area is 148 Å². The summed E-state index contributed by atoms with van der Waals surface area (Å²) in [7, 11) is 3.11. The molecule has 24 heavy (non-hydrogen) atoms. The first-order chi connectivity index (χ1) is 11.5. The standard InChI is InChI=1S/C17H18BrNO5/c1-22-7-3-4-11(23-2)10(5-7)19-16(20)12-8-6-9-13(12)17(21)24-15(9)14(8)18/h3-5,8-9,12-15H,6H2,1-2H3,(H,19,20)/t8-,9-,12+,13+,14-,15+/m1/s1. The van der Waals surface area contributed by atoms with Crippen molar-refractivity contribution in [2.75, 3.05) is 19.5 Å². The van der Waals surface area contributed by atoms with Gasteiger partial charge in [-0.1, -0.05) is 15.9 Å². The molecule has 1 N–H and O–H groups in total. The fourth-order valence-corrected chi connectivity index (χ4v) is 5.50. The number of amides is 1. The Balaban J connectivity index is 1.60. The molecule has 7 heteroatoms. The number of esters is 1. The Morgan fingerprint density at radius 2 is 2.08 bits per heavy atom. The lowest BCUT2D eigenvalue weighted by Crippen LogP contribution is -2.40. The lowest BCUT2D eigenvalue weighted by atomic mass is 9.79. The Bertz CT molecular complexity index is 708. The lowest BCUT2D eigenvalue weighted by Gasteiger charge is -2.27. The molecule has 1 amide bonds. The number of halogens is 1. The fraction of sp³-hybridized carbons (Fsp3) is 0.529. The highest BCUT2D eigenvalue weighted by molar-refractivity contribution is 9.09. The monoisotopic (exact) mass is 395 g/mol. The average molecular weight is 396 g/mol. The number of hydrogen-bond acceptors (Lipinski definition) is 5. The van der Waals surface area contributed by atoms with E-state index in [0.717, 1.165) is 6.42 Å². The highest BCUT2D eigenvalue weighted by Gasteiger charge is 2.67. The maximum Gasteiger partial charge on any atom is 0.310 e. The van der Waals surface area contributed by atoms with Gasteiger partial charge in [-0.15, -0.1) is 0 Å². The zero-order valence-corrected chi connectivity index (χ0v) is 14.9. The van der Waals surface area contributed by atoms with Gasteiger partial charge < -0.3 is 19.5 Å². The van der Waals surface area contributed by atoms with E-state index in [1.165, 1.54) is 0 Å². The minimum Gasteiger partial charge on any atom is -0.497 e. The summed E-state index contributed by atoms with van der Waals surface area (Å²) in [6.07, 6.45) is 0.771. The van der Waals surface area contributed by atoms with E-state index in [2.05, 4.69) is 21.2 Å². The molecule has 4 rings (SSSR count). The molecule has 0 aromatic heterocycles. The smallest absolute Gasteiger partial charge is 0.310 e. The molecule has 1 saturated heterocycles. The number of ether oxygens (including phenoxy) is 3. The van der Waals surface area contributed by atoms with Gasteiger partial charge in [0, 0.05) is 12.0 Å². The molecule has 1 aromatic carbocycles. The van der Waals surface area contributed by atoms with Crippen LogP contribution in [-0.4, -0.2) is 37.0 Å². The van der Waals surface area contributed by atoms with E-state index in [1.54, 1.807) is 32.4 Å². The van der Waals surface area contributed by atoms with Crippen molar-refractivity contribution >= 4 is 33.5 Å². The van der Waals surface area contributed by atoms with Crippen molar-refractivity contribution in [2.24, 2.45) is 23.7 Å². The van der Waals surface area contributed by atoms with Crippen LogP contribution in [0.1, 0.15) is 6.42 Å². The summed E-state index contributed by atoms with van der Waals surface area (Å²) in [4.78, 5) is 25.1. The highest BCUT2D eigenvalue weighted by Crippen LogP contribution is 2.60. The van der Waals surface area contributed by atoms with Crippen LogP contribution < -0.4 is 14.8 Å². The highest BCUT2D eigenvalue weighted by atomic mass is 79.9. The molecule has 128 valence electrons. The first-order valence-electron chi connectivity index (χ1n) is 7.92. The number of nitrogens with one attached hydrogen (secondary N) is 1. The van der Waals surface area contributed by atoms with Crippen molar-refractivity contribution < 1.29 is 23.8 Å². The maximum atomic E-state index is 12.9. The molecular weight excluding hydrogens is 378 g/mol. The summed E-state index contributed by atoms with van der Waals surface area (Å²) >= 11 is 3.62. The predicted octanol–water partition coefficient (Wildman–Crippen LogP) is 2.21. The van der Waals surface area contributed by atoms with E-state index in [-0.39, 0.29) is 46.5 Å². The first-order valence-corrected chi connectivity index (χ1v) is 8.84. The third-order valence-electron chi connectivity index (χ3n) is 5.49. The van der Waals surface area contributed by atoms with Crippen LogP contribution in [0.2, 0.25) is 0 Å². The fourth-order valence-electron chi connectivity index (χ4n) is 4.46. The van der Waals surface area contributed by atoms with Gasteiger partial charge in [-0.25, -0.2) is 0 Å². The minimum atomic E-state index is -0.374. The van der Waals surface area contributed by atoms with Crippen LogP contribution in [0.15, 0.2) is 18.2 Å². The van der Waals surface area contributed by atoms with E-state index in [1.807, 2.05) is 0 Å². The molecule has 6 atom stereocenters. The predicted molar refractivity (Wildman–Crippen MR) is 89.3 cm³/mol. The molecule has 1 aliphatic heterocycles. The number of alkyl halides is 1. The number of benzene rings is 1. The number of methoxy groups -OCH3 is 2. The quantitative estimate of drug-likeness (QED) is 0.624. The van der Waals surface area contributed by atoms with Crippen LogP contribution in [0, 0.1) is 23.7 Å². The summed E-state index contributed by atoms with van der Waals surface area (Å²) in [5.41, 5.74) is 0.540. The minimum absolute atomic E-state index is 0.0492. The molecular formula is C17H18BrNO5. The number of carbonyl (C=O) groups excluding carboxylic acids is 2. The van der Waals surface area contributed by atoms with Crippen molar-refractivity contribution in [1.29, 1.82) is 0 Å². The third kappa shape index (κ3) is 2.13.